The van der Waals surface area contributed by atoms with Crippen LogP contribution in [0, 0.1) is 11.8 Å². The van der Waals surface area contributed by atoms with E-state index in [1.165, 1.54) is 32.1 Å². The molecule has 1 aliphatic carbocycles. The zero-order valence-corrected chi connectivity index (χ0v) is 17.4. The third kappa shape index (κ3) is 5.49. The Morgan fingerprint density at radius 2 is 2.04 bits per heavy atom. The van der Waals surface area contributed by atoms with E-state index >= 15 is 0 Å². The number of likely N-dealkylation sites (tertiary alicyclic amines) is 1. The summed E-state index contributed by atoms with van der Waals surface area (Å²) in [4.78, 5) is 29.0. The molecule has 1 heterocycles. The summed E-state index contributed by atoms with van der Waals surface area (Å²) in [6, 6.07) is 7.78. The van der Waals surface area contributed by atoms with E-state index in [1.807, 2.05) is 41.1 Å². The number of rotatable bonds is 8. The van der Waals surface area contributed by atoms with Crippen LogP contribution in [0.4, 0.5) is 0 Å². The molecule has 0 aromatic heterocycles. The van der Waals surface area contributed by atoms with Crippen LogP contribution >= 0.6 is 0 Å². The standard InChI is InChI=1S/C23H34N2O3/c1-24(14-6-10-18-7-3-4-8-18)23(27)20-12-13-22(26)25(17-20)16-19-9-5-11-21(15-19)28-2/h5,9,11,15,18,20H,3-4,6-8,10,12-14,16-17H2,1-2H3/t20-/m1/s1. The number of hydrogen-bond acceptors (Lipinski definition) is 3. The van der Waals surface area contributed by atoms with Crippen LogP contribution in [0.3, 0.4) is 0 Å². The van der Waals surface area contributed by atoms with Gasteiger partial charge in [0, 0.05) is 33.1 Å². The van der Waals surface area contributed by atoms with Crippen LogP contribution in [-0.4, -0.2) is 48.9 Å². The second-order valence-electron chi connectivity index (χ2n) is 8.41. The number of amides is 2. The van der Waals surface area contributed by atoms with Crippen molar-refractivity contribution in [2.75, 3.05) is 27.2 Å². The lowest BCUT2D eigenvalue weighted by Gasteiger charge is -2.34. The van der Waals surface area contributed by atoms with Crippen molar-refractivity contribution < 1.29 is 14.3 Å². The Balaban J connectivity index is 1.50. The smallest absolute Gasteiger partial charge is 0.227 e. The van der Waals surface area contributed by atoms with Gasteiger partial charge >= 0.3 is 0 Å². The Hall–Kier alpha value is -2.04. The predicted molar refractivity (Wildman–Crippen MR) is 110 cm³/mol. The molecule has 154 valence electrons. The predicted octanol–water partition coefficient (Wildman–Crippen LogP) is 3.86. The lowest BCUT2D eigenvalue weighted by atomic mass is 9.95. The Morgan fingerprint density at radius 1 is 1.25 bits per heavy atom. The van der Waals surface area contributed by atoms with Gasteiger partial charge < -0.3 is 14.5 Å². The Morgan fingerprint density at radius 3 is 2.79 bits per heavy atom. The highest BCUT2D eigenvalue weighted by atomic mass is 16.5. The molecule has 0 bridgehead atoms. The number of carbonyl (C=O) groups is 2. The normalized spacial score (nSPS) is 20.4. The average Bonchev–Trinajstić information content (AvgIpc) is 3.22. The molecule has 0 unspecified atom stereocenters. The average molecular weight is 387 g/mol. The van der Waals surface area contributed by atoms with E-state index in [-0.39, 0.29) is 17.7 Å². The van der Waals surface area contributed by atoms with Gasteiger partial charge in [-0.3, -0.25) is 9.59 Å². The topological polar surface area (TPSA) is 49.9 Å². The molecule has 1 saturated heterocycles. The molecule has 1 aromatic rings. The molecular weight excluding hydrogens is 352 g/mol. The molecule has 2 aliphatic rings. The second kappa shape index (κ2) is 9.94. The van der Waals surface area contributed by atoms with Crippen LogP contribution in [0.2, 0.25) is 0 Å². The van der Waals surface area contributed by atoms with Crippen molar-refractivity contribution in [2.24, 2.45) is 11.8 Å². The van der Waals surface area contributed by atoms with Gasteiger partial charge in [-0.2, -0.15) is 0 Å². The number of carbonyl (C=O) groups excluding carboxylic acids is 2. The number of nitrogens with zero attached hydrogens (tertiary/aromatic N) is 2. The fraction of sp³-hybridized carbons (Fsp3) is 0.652. The van der Waals surface area contributed by atoms with Crippen molar-refractivity contribution >= 4 is 11.8 Å². The SMILES string of the molecule is COc1cccc(CN2C[C@H](C(=O)N(C)CCCC3CCCC3)CCC2=O)c1. The largest absolute Gasteiger partial charge is 0.497 e. The summed E-state index contributed by atoms with van der Waals surface area (Å²) in [5.41, 5.74) is 1.03. The van der Waals surface area contributed by atoms with Gasteiger partial charge in [0.05, 0.1) is 13.0 Å². The fourth-order valence-electron chi connectivity index (χ4n) is 4.60. The Bertz CT molecular complexity index is 670. The summed E-state index contributed by atoms with van der Waals surface area (Å²) in [6.07, 6.45) is 8.92. The number of hydrogen-bond donors (Lipinski definition) is 0. The van der Waals surface area contributed by atoms with Crippen molar-refractivity contribution in [2.45, 2.75) is 57.9 Å². The number of ether oxygens (including phenoxy) is 1. The van der Waals surface area contributed by atoms with Crippen molar-refractivity contribution in [3.63, 3.8) is 0 Å². The number of piperidine rings is 1. The van der Waals surface area contributed by atoms with Gasteiger partial charge in [0.25, 0.3) is 0 Å². The van der Waals surface area contributed by atoms with Crippen LogP contribution in [0.5, 0.6) is 5.75 Å². The molecule has 0 N–H and O–H groups in total. The van der Waals surface area contributed by atoms with Crippen LogP contribution in [0.15, 0.2) is 24.3 Å². The summed E-state index contributed by atoms with van der Waals surface area (Å²) in [5.74, 6) is 1.90. The zero-order chi connectivity index (χ0) is 19.9. The minimum absolute atomic E-state index is 0.0835. The molecule has 28 heavy (non-hydrogen) atoms. The highest BCUT2D eigenvalue weighted by Crippen LogP contribution is 2.29. The first kappa shape index (κ1) is 20.7. The molecule has 1 atom stereocenters. The molecule has 1 aromatic carbocycles. The van der Waals surface area contributed by atoms with Gasteiger partial charge in [-0.05, 0) is 42.9 Å². The molecule has 1 saturated carbocycles. The van der Waals surface area contributed by atoms with Gasteiger partial charge in [0.15, 0.2) is 0 Å². The van der Waals surface area contributed by atoms with Crippen LogP contribution < -0.4 is 4.74 Å². The Labute approximate surface area is 169 Å². The first-order valence-electron chi connectivity index (χ1n) is 10.7. The van der Waals surface area contributed by atoms with E-state index in [0.29, 0.717) is 25.9 Å². The molecule has 5 heteroatoms. The van der Waals surface area contributed by atoms with Gasteiger partial charge in [-0.15, -0.1) is 0 Å². The van der Waals surface area contributed by atoms with Gasteiger partial charge in [0.1, 0.15) is 5.75 Å². The van der Waals surface area contributed by atoms with Gasteiger partial charge in [-0.1, -0.05) is 37.8 Å². The highest BCUT2D eigenvalue weighted by molar-refractivity contribution is 5.83. The second-order valence-corrected chi connectivity index (χ2v) is 8.41. The zero-order valence-electron chi connectivity index (χ0n) is 17.4. The highest BCUT2D eigenvalue weighted by Gasteiger charge is 2.31. The summed E-state index contributed by atoms with van der Waals surface area (Å²) in [6.45, 7) is 1.88. The van der Waals surface area contributed by atoms with E-state index in [2.05, 4.69) is 0 Å². The van der Waals surface area contributed by atoms with Crippen molar-refractivity contribution in [1.82, 2.24) is 9.80 Å². The minimum Gasteiger partial charge on any atom is -0.497 e. The lowest BCUT2D eigenvalue weighted by molar-refractivity contribution is -0.142. The van der Waals surface area contributed by atoms with Crippen LogP contribution in [-0.2, 0) is 16.1 Å². The molecule has 3 rings (SSSR count). The van der Waals surface area contributed by atoms with Crippen molar-refractivity contribution in [1.29, 1.82) is 0 Å². The molecule has 0 spiro atoms. The monoisotopic (exact) mass is 386 g/mol. The maximum Gasteiger partial charge on any atom is 0.227 e. The van der Waals surface area contributed by atoms with Gasteiger partial charge in [0.2, 0.25) is 11.8 Å². The molecule has 0 radical (unpaired) electrons. The fourth-order valence-corrected chi connectivity index (χ4v) is 4.60. The lowest BCUT2D eigenvalue weighted by Crippen LogP contribution is -2.46. The summed E-state index contributed by atoms with van der Waals surface area (Å²) in [5, 5.41) is 0. The number of methoxy groups -OCH3 is 1. The molecule has 1 aliphatic heterocycles. The van der Waals surface area contributed by atoms with Crippen molar-refractivity contribution in [3.05, 3.63) is 29.8 Å². The third-order valence-electron chi connectivity index (χ3n) is 6.31. The third-order valence-corrected chi connectivity index (χ3v) is 6.31. The molecular formula is C23H34N2O3. The Kier molecular flexibility index (Phi) is 7.35. The summed E-state index contributed by atoms with van der Waals surface area (Å²) < 4.78 is 5.27. The quantitative estimate of drug-likeness (QED) is 0.682. The van der Waals surface area contributed by atoms with Gasteiger partial charge in [-0.25, -0.2) is 0 Å². The number of benzene rings is 1. The van der Waals surface area contributed by atoms with Crippen molar-refractivity contribution in [3.8, 4) is 5.75 Å². The van der Waals surface area contributed by atoms with Crippen LogP contribution in [0.25, 0.3) is 0 Å². The maximum atomic E-state index is 12.9. The first-order chi connectivity index (χ1) is 13.6. The molecule has 5 nitrogen and oxygen atoms in total. The van der Waals surface area contributed by atoms with E-state index in [9.17, 15) is 9.59 Å². The summed E-state index contributed by atoms with van der Waals surface area (Å²) >= 11 is 0. The minimum atomic E-state index is -0.0835. The summed E-state index contributed by atoms with van der Waals surface area (Å²) in [7, 11) is 3.56. The van der Waals surface area contributed by atoms with E-state index < -0.39 is 0 Å². The van der Waals surface area contributed by atoms with E-state index in [0.717, 1.165) is 30.2 Å². The molecule has 2 fully saturated rings. The van der Waals surface area contributed by atoms with E-state index in [4.69, 9.17) is 4.74 Å². The maximum absolute atomic E-state index is 12.9. The van der Waals surface area contributed by atoms with Crippen LogP contribution in [0.1, 0.15) is 56.9 Å². The van der Waals surface area contributed by atoms with E-state index in [1.54, 1.807) is 7.11 Å². The first-order valence-corrected chi connectivity index (χ1v) is 10.7. The molecule has 2 amide bonds.